The molecule has 1 saturated heterocycles. The molecule has 1 fully saturated rings. The number of ether oxygens (including phenoxy) is 1. The Hall–Kier alpha value is -1.65. The zero-order chi connectivity index (χ0) is 17.8. The van der Waals surface area contributed by atoms with Gasteiger partial charge in [-0.2, -0.15) is 0 Å². The third-order valence-electron chi connectivity index (χ3n) is 4.51. The number of carbonyl (C=O) groups is 1. The van der Waals surface area contributed by atoms with Gasteiger partial charge < -0.3 is 35.3 Å². The second-order valence-electron chi connectivity index (χ2n) is 6.36. The van der Waals surface area contributed by atoms with E-state index in [1.807, 2.05) is 0 Å². The number of nitrogens with one attached hydrogen (secondary N) is 2. The first-order valence-corrected chi connectivity index (χ1v) is 8.49. The van der Waals surface area contributed by atoms with Gasteiger partial charge in [0.25, 0.3) is 0 Å². The molecule has 0 aromatic heterocycles. The predicted molar refractivity (Wildman–Crippen MR) is 89.7 cm³/mol. The van der Waals surface area contributed by atoms with Crippen molar-refractivity contribution in [3.63, 3.8) is 0 Å². The molecular weight excluding hydrogens is 327 g/mol. The van der Waals surface area contributed by atoms with Crippen molar-refractivity contribution in [2.45, 2.75) is 37.6 Å². The lowest BCUT2D eigenvalue weighted by Gasteiger charge is -2.30. The molecule has 2 aliphatic rings. The molecule has 0 spiro atoms. The molecule has 0 radical (unpaired) electrons. The van der Waals surface area contributed by atoms with Gasteiger partial charge in [0.05, 0.1) is 12.0 Å². The first kappa shape index (κ1) is 18.2. The second kappa shape index (κ2) is 8.16. The Balaban J connectivity index is 1.56. The third-order valence-corrected chi connectivity index (χ3v) is 4.51. The average Bonchev–Trinajstić information content (AvgIpc) is 2.61. The Morgan fingerprint density at radius 3 is 2.88 bits per heavy atom. The minimum atomic E-state index is -1.69. The SMILES string of the molecule is O=C(COC1CCNCC1)N[C@H]1Cc2cccc(C(O)O)c2OB1O. The maximum atomic E-state index is 12.1. The Kier molecular flexibility index (Phi) is 5.92. The van der Waals surface area contributed by atoms with Crippen molar-refractivity contribution < 1.29 is 29.4 Å². The molecule has 136 valence electrons. The topological polar surface area (TPSA) is 120 Å². The number of piperidine rings is 1. The molecule has 2 heterocycles. The molecule has 5 N–H and O–H groups in total. The quantitative estimate of drug-likeness (QED) is 0.337. The van der Waals surface area contributed by atoms with Crippen LogP contribution >= 0.6 is 0 Å². The smallest absolute Gasteiger partial charge is 0.534 e. The summed E-state index contributed by atoms with van der Waals surface area (Å²) in [5.41, 5.74) is 0.885. The maximum absolute atomic E-state index is 12.1. The highest BCUT2D eigenvalue weighted by atomic mass is 16.5. The number of aliphatic hydroxyl groups is 2. The van der Waals surface area contributed by atoms with Gasteiger partial charge in [-0.15, -0.1) is 0 Å². The molecule has 9 heteroatoms. The fourth-order valence-corrected chi connectivity index (χ4v) is 3.18. The van der Waals surface area contributed by atoms with E-state index in [0.29, 0.717) is 12.0 Å². The molecule has 0 bridgehead atoms. The van der Waals surface area contributed by atoms with Crippen molar-refractivity contribution in [3.05, 3.63) is 29.3 Å². The highest BCUT2D eigenvalue weighted by Crippen LogP contribution is 2.32. The van der Waals surface area contributed by atoms with Crippen molar-refractivity contribution in [2.24, 2.45) is 0 Å². The molecule has 0 saturated carbocycles. The van der Waals surface area contributed by atoms with E-state index in [9.17, 15) is 20.0 Å². The molecule has 1 aromatic carbocycles. The van der Waals surface area contributed by atoms with Crippen LogP contribution in [0.5, 0.6) is 5.75 Å². The summed E-state index contributed by atoms with van der Waals surface area (Å²) in [5, 5.41) is 34.8. The van der Waals surface area contributed by atoms with Crippen LogP contribution in [-0.2, 0) is 16.0 Å². The lowest BCUT2D eigenvalue weighted by molar-refractivity contribution is -0.128. The zero-order valence-corrected chi connectivity index (χ0v) is 13.9. The van der Waals surface area contributed by atoms with Gasteiger partial charge in [-0.3, -0.25) is 4.79 Å². The molecule has 1 amide bonds. The van der Waals surface area contributed by atoms with Gasteiger partial charge >= 0.3 is 7.12 Å². The normalized spacial score (nSPS) is 21.0. The number of fused-ring (bicyclic) bond motifs is 1. The largest absolute Gasteiger partial charge is 0.547 e. The summed E-state index contributed by atoms with van der Waals surface area (Å²) in [6.07, 6.45) is 0.473. The predicted octanol–water partition coefficient (Wildman–Crippen LogP) is -1.12. The maximum Gasteiger partial charge on any atom is 0.547 e. The van der Waals surface area contributed by atoms with Gasteiger partial charge in [-0.25, -0.2) is 0 Å². The van der Waals surface area contributed by atoms with Gasteiger partial charge in [-0.05, 0) is 37.9 Å². The Labute approximate surface area is 146 Å². The summed E-state index contributed by atoms with van der Waals surface area (Å²) >= 11 is 0. The second-order valence-corrected chi connectivity index (χ2v) is 6.36. The van der Waals surface area contributed by atoms with Crippen molar-refractivity contribution >= 4 is 13.0 Å². The van der Waals surface area contributed by atoms with Crippen LogP contribution in [0.3, 0.4) is 0 Å². The van der Waals surface area contributed by atoms with Gasteiger partial charge in [0, 0.05) is 5.56 Å². The number of carbonyl (C=O) groups excluding carboxylic acids is 1. The van der Waals surface area contributed by atoms with Crippen LogP contribution in [-0.4, -0.2) is 60.0 Å². The Morgan fingerprint density at radius 2 is 2.16 bits per heavy atom. The van der Waals surface area contributed by atoms with E-state index in [0.717, 1.165) is 25.9 Å². The summed E-state index contributed by atoms with van der Waals surface area (Å²) in [5.74, 6) is -0.683. The lowest BCUT2D eigenvalue weighted by Crippen LogP contribution is -2.54. The Bertz CT molecular complexity index is 608. The highest BCUT2D eigenvalue weighted by Gasteiger charge is 2.37. The number of rotatable bonds is 5. The van der Waals surface area contributed by atoms with Crippen LogP contribution in [0.25, 0.3) is 0 Å². The fraction of sp³-hybridized carbons (Fsp3) is 0.562. The average molecular weight is 350 g/mol. The molecule has 0 aliphatic carbocycles. The Morgan fingerprint density at radius 1 is 1.40 bits per heavy atom. The monoisotopic (exact) mass is 350 g/mol. The molecular formula is C16H23BN2O6. The summed E-state index contributed by atoms with van der Waals surface area (Å²) < 4.78 is 11.0. The van der Waals surface area contributed by atoms with Crippen molar-refractivity contribution in [3.8, 4) is 5.75 Å². The minimum absolute atomic E-state index is 0.0594. The lowest BCUT2D eigenvalue weighted by atomic mass is 9.72. The number of para-hydroxylation sites is 1. The summed E-state index contributed by atoms with van der Waals surface area (Å²) in [4.78, 5) is 12.1. The van der Waals surface area contributed by atoms with E-state index in [1.54, 1.807) is 12.1 Å². The van der Waals surface area contributed by atoms with Crippen LogP contribution in [0.15, 0.2) is 18.2 Å². The van der Waals surface area contributed by atoms with E-state index in [-0.39, 0.29) is 29.9 Å². The third kappa shape index (κ3) is 4.50. The van der Waals surface area contributed by atoms with Crippen molar-refractivity contribution in [1.82, 2.24) is 10.6 Å². The highest BCUT2D eigenvalue weighted by molar-refractivity contribution is 6.46. The molecule has 1 aromatic rings. The first-order chi connectivity index (χ1) is 12.0. The van der Waals surface area contributed by atoms with E-state index < -0.39 is 19.3 Å². The summed E-state index contributed by atoms with van der Waals surface area (Å²) in [6.45, 7) is 1.71. The molecule has 8 nitrogen and oxygen atoms in total. The van der Waals surface area contributed by atoms with E-state index in [2.05, 4.69) is 10.6 Å². The fourth-order valence-electron chi connectivity index (χ4n) is 3.18. The van der Waals surface area contributed by atoms with Crippen molar-refractivity contribution in [1.29, 1.82) is 0 Å². The molecule has 3 rings (SSSR count). The number of hydrogen-bond acceptors (Lipinski definition) is 7. The van der Waals surface area contributed by atoms with Gasteiger partial charge in [0.1, 0.15) is 12.4 Å². The summed E-state index contributed by atoms with van der Waals surface area (Å²) in [6, 6.07) is 4.95. The minimum Gasteiger partial charge on any atom is -0.534 e. The van der Waals surface area contributed by atoms with Crippen LogP contribution in [0.2, 0.25) is 0 Å². The van der Waals surface area contributed by atoms with Gasteiger partial charge in [-0.1, -0.05) is 18.2 Å². The molecule has 2 aliphatic heterocycles. The van der Waals surface area contributed by atoms with Crippen LogP contribution in [0.1, 0.15) is 30.3 Å². The van der Waals surface area contributed by atoms with E-state index in [1.165, 1.54) is 6.07 Å². The van der Waals surface area contributed by atoms with E-state index in [4.69, 9.17) is 9.39 Å². The number of benzene rings is 1. The van der Waals surface area contributed by atoms with E-state index >= 15 is 0 Å². The van der Waals surface area contributed by atoms with Gasteiger partial charge in [0.15, 0.2) is 6.29 Å². The summed E-state index contributed by atoms with van der Waals surface area (Å²) in [7, 11) is -1.27. The number of amides is 1. The molecule has 0 unspecified atom stereocenters. The van der Waals surface area contributed by atoms with Gasteiger partial charge in [0.2, 0.25) is 5.91 Å². The van der Waals surface area contributed by atoms with Crippen LogP contribution in [0, 0.1) is 0 Å². The number of hydrogen-bond donors (Lipinski definition) is 5. The number of aliphatic hydroxyl groups excluding tert-OH is 1. The standard InChI is InChI=1S/C16H23BN2O6/c20-14(9-24-11-4-6-18-7-5-11)19-13-8-10-2-1-3-12(16(21)22)15(10)25-17(13)23/h1-3,11,13,16,18,21-23H,4-9H2,(H,19,20)/t13-/m0/s1. The van der Waals surface area contributed by atoms with Crippen LogP contribution in [0.4, 0.5) is 0 Å². The van der Waals surface area contributed by atoms with Crippen molar-refractivity contribution in [2.75, 3.05) is 19.7 Å². The molecule has 25 heavy (non-hydrogen) atoms. The molecule has 1 atom stereocenters. The first-order valence-electron chi connectivity index (χ1n) is 8.49. The zero-order valence-electron chi connectivity index (χ0n) is 13.9. The van der Waals surface area contributed by atoms with Crippen LogP contribution < -0.4 is 15.3 Å².